The van der Waals surface area contributed by atoms with Gasteiger partial charge in [-0.2, -0.15) is 0 Å². The summed E-state index contributed by atoms with van der Waals surface area (Å²) >= 11 is 0. The van der Waals surface area contributed by atoms with Crippen LogP contribution < -0.4 is 0 Å². The van der Waals surface area contributed by atoms with Crippen LogP contribution in [0, 0.1) is 0 Å². The summed E-state index contributed by atoms with van der Waals surface area (Å²) in [6, 6.07) is 0. The second-order valence-corrected chi connectivity index (χ2v) is 2.88. The molecular weight excluding hydrogens is 269 g/mol. The van der Waals surface area contributed by atoms with Gasteiger partial charge in [-0.1, -0.05) is 0 Å². The number of aliphatic hydroxyl groups is 1. The van der Waals surface area contributed by atoms with Crippen LogP contribution in [0.1, 0.15) is 12.8 Å². The predicted octanol–water partition coefficient (Wildman–Crippen LogP) is 0.709. The van der Waals surface area contributed by atoms with E-state index in [0.29, 0.717) is 6.61 Å². The van der Waals surface area contributed by atoms with Crippen LogP contribution in [0.3, 0.4) is 0 Å². The molecule has 0 aromatic carbocycles. The topological polar surface area (TPSA) is 32.7 Å². The third kappa shape index (κ3) is 5.29. The second kappa shape index (κ2) is 8.22. The van der Waals surface area contributed by atoms with Crippen LogP contribution in [0.15, 0.2) is 0 Å². The van der Waals surface area contributed by atoms with Crippen molar-refractivity contribution in [2.45, 2.75) is 12.8 Å². The number of morpholine rings is 1. The van der Waals surface area contributed by atoms with E-state index >= 15 is 0 Å². The fourth-order valence-electron chi connectivity index (χ4n) is 1.27. The summed E-state index contributed by atoms with van der Waals surface area (Å²) in [6.45, 7) is 5.31. The highest BCUT2D eigenvalue weighted by Crippen LogP contribution is 1.99. The molecule has 1 fully saturated rings. The molecule has 1 aliphatic rings. The first-order valence-electron chi connectivity index (χ1n) is 4.34. The highest BCUT2D eigenvalue weighted by Gasteiger charge is 2.08. The highest BCUT2D eigenvalue weighted by atomic mass is 127. The molecule has 0 radical (unpaired) electrons. The number of unbranched alkanes of at least 4 members (excludes halogenated alkanes) is 1. The Morgan fingerprint density at radius 2 is 1.83 bits per heavy atom. The highest BCUT2D eigenvalue weighted by molar-refractivity contribution is 14.0. The van der Waals surface area contributed by atoms with E-state index in [0.717, 1.165) is 45.7 Å². The zero-order chi connectivity index (χ0) is 7.94. The summed E-state index contributed by atoms with van der Waals surface area (Å²) in [7, 11) is 0. The molecule has 12 heavy (non-hydrogen) atoms. The van der Waals surface area contributed by atoms with E-state index < -0.39 is 0 Å². The Kier molecular flexibility index (Phi) is 8.64. The second-order valence-electron chi connectivity index (χ2n) is 2.88. The van der Waals surface area contributed by atoms with Crippen LogP contribution in [0.2, 0.25) is 0 Å². The van der Waals surface area contributed by atoms with Gasteiger partial charge in [0.25, 0.3) is 0 Å². The lowest BCUT2D eigenvalue weighted by Crippen LogP contribution is -2.36. The summed E-state index contributed by atoms with van der Waals surface area (Å²) in [5.74, 6) is 0. The first-order chi connectivity index (χ1) is 5.43. The lowest BCUT2D eigenvalue weighted by Gasteiger charge is -2.26. The minimum Gasteiger partial charge on any atom is -0.396 e. The van der Waals surface area contributed by atoms with Gasteiger partial charge in [0.1, 0.15) is 0 Å². The molecule has 0 amide bonds. The van der Waals surface area contributed by atoms with Crippen LogP contribution in [-0.2, 0) is 4.74 Å². The van der Waals surface area contributed by atoms with Gasteiger partial charge in [-0.25, -0.2) is 0 Å². The normalized spacial score (nSPS) is 18.8. The van der Waals surface area contributed by atoms with Crippen molar-refractivity contribution in [1.29, 1.82) is 0 Å². The molecule has 3 nitrogen and oxygen atoms in total. The molecule has 1 rings (SSSR count). The van der Waals surface area contributed by atoms with Crippen molar-refractivity contribution in [2.75, 3.05) is 39.5 Å². The monoisotopic (exact) mass is 287 g/mol. The lowest BCUT2D eigenvalue weighted by molar-refractivity contribution is 0.0366. The smallest absolute Gasteiger partial charge is 0.0594 e. The Labute approximate surface area is 91.1 Å². The number of rotatable bonds is 4. The largest absolute Gasteiger partial charge is 0.396 e. The molecule has 0 spiro atoms. The molecule has 0 aliphatic carbocycles. The van der Waals surface area contributed by atoms with Gasteiger partial charge in [-0.15, -0.1) is 24.0 Å². The van der Waals surface area contributed by atoms with Gasteiger partial charge in [0.2, 0.25) is 0 Å². The van der Waals surface area contributed by atoms with Gasteiger partial charge in [0.15, 0.2) is 0 Å². The standard InChI is InChI=1S/C8H17NO2.HI/c10-6-2-1-3-9-4-7-11-8-5-9;/h10H,1-8H2;1H. The van der Waals surface area contributed by atoms with E-state index in [2.05, 4.69) is 4.90 Å². The van der Waals surface area contributed by atoms with Gasteiger partial charge >= 0.3 is 0 Å². The first kappa shape index (κ1) is 12.6. The summed E-state index contributed by atoms with van der Waals surface area (Å²) in [4.78, 5) is 2.39. The lowest BCUT2D eigenvalue weighted by atomic mass is 10.3. The molecule has 1 heterocycles. The number of halogens is 1. The van der Waals surface area contributed by atoms with Crippen molar-refractivity contribution in [3.63, 3.8) is 0 Å². The maximum Gasteiger partial charge on any atom is 0.0594 e. The Morgan fingerprint density at radius 1 is 1.17 bits per heavy atom. The molecule has 1 N–H and O–H groups in total. The molecule has 0 saturated carbocycles. The Bertz CT molecular complexity index is 97.1. The van der Waals surface area contributed by atoms with Crippen LogP contribution in [0.4, 0.5) is 0 Å². The van der Waals surface area contributed by atoms with Crippen molar-refractivity contribution in [3.8, 4) is 0 Å². The zero-order valence-corrected chi connectivity index (χ0v) is 9.70. The number of hydrogen-bond donors (Lipinski definition) is 1. The maximum atomic E-state index is 8.55. The van der Waals surface area contributed by atoms with E-state index in [9.17, 15) is 0 Å². The van der Waals surface area contributed by atoms with Crippen molar-refractivity contribution in [1.82, 2.24) is 4.90 Å². The van der Waals surface area contributed by atoms with Crippen LogP contribution >= 0.6 is 24.0 Å². The fourth-order valence-corrected chi connectivity index (χ4v) is 1.27. The van der Waals surface area contributed by atoms with Crippen LogP contribution in [0.25, 0.3) is 0 Å². The van der Waals surface area contributed by atoms with E-state index in [4.69, 9.17) is 9.84 Å². The van der Waals surface area contributed by atoms with Gasteiger partial charge in [0, 0.05) is 19.7 Å². The first-order valence-corrected chi connectivity index (χ1v) is 4.34. The van der Waals surface area contributed by atoms with E-state index in [1.807, 2.05) is 0 Å². The van der Waals surface area contributed by atoms with Crippen molar-refractivity contribution in [3.05, 3.63) is 0 Å². The third-order valence-corrected chi connectivity index (χ3v) is 1.99. The fraction of sp³-hybridized carbons (Fsp3) is 1.00. The number of nitrogens with zero attached hydrogens (tertiary/aromatic N) is 1. The van der Waals surface area contributed by atoms with Crippen molar-refractivity contribution in [2.24, 2.45) is 0 Å². The molecule has 0 aromatic heterocycles. The minimum absolute atomic E-state index is 0. The summed E-state index contributed by atoms with van der Waals surface area (Å²) in [5.41, 5.74) is 0. The van der Waals surface area contributed by atoms with Gasteiger partial charge in [-0.05, 0) is 19.4 Å². The number of hydrogen-bond acceptors (Lipinski definition) is 3. The van der Waals surface area contributed by atoms with E-state index in [1.54, 1.807) is 0 Å². The summed E-state index contributed by atoms with van der Waals surface area (Å²) in [6.07, 6.45) is 2.04. The maximum absolute atomic E-state index is 8.55. The Balaban J connectivity index is 0.00000121. The van der Waals surface area contributed by atoms with E-state index in [1.165, 1.54) is 0 Å². The molecule has 0 bridgehead atoms. The van der Waals surface area contributed by atoms with Crippen molar-refractivity contribution >= 4 is 24.0 Å². The molecule has 1 aliphatic heterocycles. The molecule has 1 saturated heterocycles. The van der Waals surface area contributed by atoms with Crippen molar-refractivity contribution < 1.29 is 9.84 Å². The van der Waals surface area contributed by atoms with Crippen LogP contribution in [-0.4, -0.2) is 49.5 Å². The predicted molar refractivity (Wildman–Crippen MR) is 59.0 cm³/mol. The van der Waals surface area contributed by atoms with E-state index in [-0.39, 0.29) is 24.0 Å². The molecular formula is C8H18INO2. The number of aliphatic hydroxyl groups excluding tert-OH is 1. The summed E-state index contributed by atoms with van der Waals surface area (Å²) < 4.78 is 5.21. The average Bonchev–Trinajstić information content (AvgIpc) is 2.07. The Morgan fingerprint density at radius 3 is 2.42 bits per heavy atom. The molecule has 0 atom stereocenters. The zero-order valence-electron chi connectivity index (χ0n) is 7.37. The van der Waals surface area contributed by atoms with Gasteiger partial charge in [-0.3, -0.25) is 4.90 Å². The van der Waals surface area contributed by atoms with Gasteiger partial charge in [0.05, 0.1) is 13.2 Å². The SMILES string of the molecule is I.OCCCCN1CCOCC1. The molecule has 74 valence electrons. The Hall–Kier alpha value is 0.610. The molecule has 0 unspecified atom stereocenters. The van der Waals surface area contributed by atoms with Gasteiger partial charge < -0.3 is 9.84 Å². The average molecular weight is 287 g/mol. The van der Waals surface area contributed by atoms with Crippen LogP contribution in [0.5, 0.6) is 0 Å². The number of ether oxygens (including phenoxy) is 1. The summed E-state index contributed by atoms with van der Waals surface area (Å²) in [5, 5.41) is 8.55. The molecule has 0 aromatic rings. The molecule has 4 heteroatoms. The quantitative estimate of drug-likeness (QED) is 0.610. The third-order valence-electron chi connectivity index (χ3n) is 1.99. The minimum atomic E-state index is 0.